The number of nitrogens with one attached hydrogen (secondary N) is 2. The molecule has 2 aliphatic rings. The third-order valence-corrected chi connectivity index (χ3v) is 5.28. The maximum absolute atomic E-state index is 12.9. The summed E-state index contributed by atoms with van der Waals surface area (Å²) >= 11 is 0. The first-order valence-electron chi connectivity index (χ1n) is 9.76. The summed E-state index contributed by atoms with van der Waals surface area (Å²) in [6.45, 7) is 5.95. The molecule has 0 aliphatic carbocycles. The average molecular weight is 420 g/mol. The van der Waals surface area contributed by atoms with E-state index in [1.54, 1.807) is 15.9 Å². The van der Waals surface area contributed by atoms with Gasteiger partial charge in [-0.05, 0) is 19.1 Å². The Morgan fingerprint density at radius 1 is 1.10 bits per heavy atom. The fourth-order valence-electron chi connectivity index (χ4n) is 3.76. The Morgan fingerprint density at radius 3 is 2.52 bits per heavy atom. The third kappa shape index (κ3) is 4.23. The number of piperazine rings is 1. The summed E-state index contributed by atoms with van der Waals surface area (Å²) in [5, 5.41) is 10.5. The molecule has 0 radical (unpaired) electrons. The van der Waals surface area contributed by atoms with Gasteiger partial charge in [-0.2, -0.15) is 5.10 Å². The van der Waals surface area contributed by atoms with Crippen LogP contribution in [0, 0.1) is 0 Å². The standard InChI is InChI=1S/C20H25N5O3.ClH/c1-2-28-17-6-4-3-5-14(17)19(26)24-9-11-25(12-10-24)20(27)18-15-13-21-8-7-16(15)22-23-18;/h3-6,21H,2,7-13H2,1H3,(H,22,23);1H. The van der Waals surface area contributed by atoms with E-state index in [-0.39, 0.29) is 24.2 Å². The molecule has 8 nitrogen and oxygen atoms in total. The van der Waals surface area contributed by atoms with Crippen molar-refractivity contribution in [3.05, 3.63) is 46.8 Å². The van der Waals surface area contributed by atoms with Crippen LogP contribution in [0.5, 0.6) is 5.75 Å². The van der Waals surface area contributed by atoms with E-state index >= 15 is 0 Å². The van der Waals surface area contributed by atoms with Crippen molar-refractivity contribution in [3.8, 4) is 5.75 Å². The Kier molecular flexibility index (Phi) is 6.76. The monoisotopic (exact) mass is 419 g/mol. The van der Waals surface area contributed by atoms with Gasteiger partial charge in [0.15, 0.2) is 5.69 Å². The average Bonchev–Trinajstić information content (AvgIpc) is 3.18. The van der Waals surface area contributed by atoms with Crippen molar-refractivity contribution in [1.82, 2.24) is 25.3 Å². The lowest BCUT2D eigenvalue weighted by atomic mass is 10.1. The lowest BCUT2D eigenvalue weighted by molar-refractivity contribution is 0.0529. The SMILES string of the molecule is CCOc1ccccc1C(=O)N1CCN(C(=O)c2n[nH]c3c2CNCC3)CC1.Cl. The van der Waals surface area contributed by atoms with E-state index in [0.29, 0.717) is 56.3 Å². The molecule has 0 atom stereocenters. The summed E-state index contributed by atoms with van der Waals surface area (Å²) in [6, 6.07) is 7.29. The van der Waals surface area contributed by atoms with Crippen LogP contribution in [0.15, 0.2) is 24.3 Å². The number of hydrogen-bond acceptors (Lipinski definition) is 5. The minimum Gasteiger partial charge on any atom is -0.493 e. The first-order valence-corrected chi connectivity index (χ1v) is 9.76. The van der Waals surface area contributed by atoms with Crippen LogP contribution in [0.2, 0.25) is 0 Å². The molecule has 3 heterocycles. The van der Waals surface area contributed by atoms with Crippen LogP contribution < -0.4 is 10.1 Å². The van der Waals surface area contributed by atoms with Gasteiger partial charge in [0.2, 0.25) is 0 Å². The number of H-pyrrole nitrogens is 1. The molecule has 2 amide bonds. The number of aromatic amines is 1. The van der Waals surface area contributed by atoms with Gasteiger partial charge in [-0.25, -0.2) is 0 Å². The minimum atomic E-state index is -0.0667. The van der Waals surface area contributed by atoms with E-state index in [0.717, 1.165) is 24.2 Å². The fraction of sp³-hybridized carbons (Fsp3) is 0.450. The largest absolute Gasteiger partial charge is 0.493 e. The van der Waals surface area contributed by atoms with Gasteiger partial charge < -0.3 is 19.9 Å². The number of halogens is 1. The van der Waals surface area contributed by atoms with Gasteiger partial charge in [-0.15, -0.1) is 12.4 Å². The molecule has 1 aromatic carbocycles. The molecule has 0 unspecified atom stereocenters. The zero-order valence-corrected chi connectivity index (χ0v) is 17.3. The van der Waals surface area contributed by atoms with Crippen LogP contribution in [0.3, 0.4) is 0 Å². The van der Waals surface area contributed by atoms with E-state index in [4.69, 9.17) is 4.74 Å². The fourth-order valence-corrected chi connectivity index (χ4v) is 3.76. The van der Waals surface area contributed by atoms with Crippen LogP contribution in [0.4, 0.5) is 0 Å². The number of ether oxygens (including phenoxy) is 1. The maximum atomic E-state index is 12.9. The number of hydrogen-bond donors (Lipinski definition) is 2. The van der Waals surface area contributed by atoms with Crippen molar-refractivity contribution in [3.63, 3.8) is 0 Å². The number of fused-ring (bicyclic) bond motifs is 1. The number of carbonyl (C=O) groups is 2. The van der Waals surface area contributed by atoms with Gasteiger partial charge in [-0.1, -0.05) is 12.1 Å². The quantitative estimate of drug-likeness (QED) is 0.783. The summed E-state index contributed by atoms with van der Waals surface area (Å²) in [5.74, 6) is 0.477. The van der Waals surface area contributed by atoms with Crippen LogP contribution in [0.1, 0.15) is 39.0 Å². The van der Waals surface area contributed by atoms with Crippen molar-refractivity contribution < 1.29 is 14.3 Å². The molecule has 0 saturated carbocycles. The van der Waals surface area contributed by atoms with E-state index in [1.165, 1.54) is 0 Å². The Morgan fingerprint density at radius 2 is 1.79 bits per heavy atom. The lowest BCUT2D eigenvalue weighted by Gasteiger charge is -2.35. The summed E-state index contributed by atoms with van der Waals surface area (Å²) < 4.78 is 5.58. The number of carbonyl (C=O) groups excluding carboxylic acids is 2. The van der Waals surface area contributed by atoms with Crippen molar-refractivity contribution in [2.24, 2.45) is 0 Å². The Bertz CT molecular complexity index is 877. The smallest absolute Gasteiger partial charge is 0.274 e. The first kappa shape index (κ1) is 21.1. The predicted octanol–water partition coefficient (Wildman–Crippen LogP) is 1.47. The number of benzene rings is 1. The topological polar surface area (TPSA) is 90.6 Å². The van der Waals surface area contributed by atoms with E-state index < -0.39 is 0 Å². The van der Waals surface area contributed by atoms with Gasteiger partial charge in [0, 0.05) is 56.9 Å². The minimum absolute atomic E-state index is 0. The van der Waals surface area contributed by atoms with Crippen molar-refractivity contribution in [2.75, 3.05) is 39.3 Å². The highest BCUT2D eigenvalue weighted by molar-refractivity contribution is 5.97. The van der Waals surface area contributed by atoms with Crippen LogP contribution in [-0.4, -0.2) is 71.1 Å². The van der Waals surface area contributed by atoms with E-state index in [9.17, 15) is 9.59 Å². The first-order chi connectivity index (χ1) is 13.7. The van der Waals surface area contributed by atoms with Gasteiger partial charge in [0.05, 0.1) is 12.2 Å². The number of para-hydroxylation sites is 1. The Labute approximate surface area is 176 Å². The molecule has 1 fully saturated rings. The predicted molar refractivity (Wildman–Crippen MR) is 111 cm³/mol. The van der Waals surface area contributed by atoms with E-state index in [2.05, 4.69) is 15.5 Å². The molecular weight excluding hydrogens is 394 g/mol. The van der Waals surface area contributed by atoms with Gasteiger partial charge in [-0.3, -0.25) is 14.7 Å². The second-order valence-electron chi connectivity index (χ2n) is 6.97. The lowest BCUT2D eigenvalue weighted by Crippen LogP contribution is -2.51. The Balaban J connectivity index is 0.00000240. The van der Waals surface area contributed by atoms with E-state index in [1.807, 2.05) is 25.1 Å². The van der Waals surface area contributed by atoms with Crippen LogP contribution >= 0.6 is 12.4 Å². The van der Waals surface area contributed by atoms with Gasteiger partial charge in [0.1, 0.15) is 5.75 Å². The molecule has 1 saturated heterocycles. The highest BCUT2D eigenvalue weighted by Gasteiger charge is 2.30. The molecule has 2 N–H and O–H groups in total. The highest BCUT2D eigenvalue weighted by atomic mass is 35.5. The number of nitrogens with zero attached hydrogens (tertiary/aromatic N) is 3. The van der Waals surface area contributed by atoms with Crippen molar-refractivity contribution in [2.45, 2.75) is 19.9 Å². The Hall–Kier alpha value is -2.58. The van der Waals surface area contributed by atoms with Gasteiger partial charge >= 0.3 is 0 Å². The molecule has 2 aliphatic heterocycles. The van der Waals surface area contributed by atoms with Crippen molar-refractivity contribution in [1.29, 1.82) is 0 Å². The highest BCUT2D eigenvalue weighted by Crippen LogP contribution is 2.22. The zero-order valence-electron chi connectivity index (χ0n) is 16.4. The second kappa shape index (κ2) is 9.28. The van der Waals surface area contributed by atoms with Crippen molar-refractivity contribution >= 4 is 24.2 Å². The summed E-state index contributed by atoms with van der Waals surface area (Å²) in [7, 11) is 0. The second-order valence-corrected chi connectivity index (χ2v) is 6.97. The summed E-state index contributed by atoms with van der Waals surface area (Å²) in [6.07, 6.45) is 0.858. The zero-order chi connectivity index (χ0) is 19.5. The number of amides is 2. The molecule has 29 heavy (non-hydrogen) atoms. The molecule has 0 bridgehead atoms. The number of rotatable bonds is 4. The normalized spacial score (nSPS) is 16.0. The molecule has 156 valence electrons. The molecule has 9 heteroatoms. The molecule has 1 aromatic heterocycles. The van der Waals surface area contributed by atoms with Crippen LogP contribution in [0.25, 0.3) is 0 Å². The third-order valence-electron chi connectivity index (χ3n) is 5.28. The number of aromatic nitrogens is 2. The summed E-state index contributed by atoms with van der Waals surface area (Å²) in [4.78, 5) is 29.4. The molecular formula is C20H26ClN5O3. The molecule has 4 rings (SSSR count). The molecule has 0 spiro atoms. The summed E-state index contributed by atoms with van der Waals surface area (Å²) in [5.41, 5.74) is 3.09. The van der Waals surface area contributed by atoms with Crippen LogP contribution in [-0.2, 0) is 13.0 Å². The van der Waals surface area contributed by atoms with Gasteiger partial charge in [0.25, 0.3) is 11.8 Å². The molecule has 2 aromatic rings. The maximum Gasteiger partial charge on any atom is 0.274 e.